The van der Waals surface area contributed by atoms with Crippen molar-refractivity contribution in [3.8, 4) is 11.4 Å². The van der Waals surface area contributed by atoms with Crippen molar-refractivity contribution in [3.05, 3.63) is 41.9 Å². The Bertz CT molecular complexity index is 799. The van der Waals surface area contributed by atoms with Crippen LogP contribution in [-0.4, -0.2) is 19.7 Å². The van der Waals surface area contributed by atoms with E-state index in [4.69, 9.17) is 0 Å². The summed E-state index contributed by atoms with van der Waals surface area (Å²) in [4.78, 5) is 9.19. The number of pyridine rings is 1. The lowest BCUT2D eigenvalue weighted by atomic mass is 10.1. The molecule has 4 rings (SSSR count). The second-order valence-corrected chi connectivity index (χ2v) is 5.61. The molecule has 0 N–H and O–H groups in total. The number of hydrogen-bond acceptors (Lipinski definition) is 3. The Morgan fingerprint density at radius 2 is 2.05 bits per heavy atom. The average molecular weight is 264 g/mol. The van der Waals surface area contributed by atoms with Gasteiger partial charge in [-0.2, -0.15) is 5.10 Å². The molecule has 0 atom stereocenters. The molecular weight excluding hydrogens is 248 g/mol. The minimum absolute atomic E-state index is 0.608. The van der Waals surface area contributed by atoms with E-state index in [1.165, 1.54) is 18.4 Å². The fourth-order valence-electron chi connectivity index (χ4n) is 2.59. The predicted octanol–water partition coefficient (Wildman–Crippen LogP) is 3.22. The highest BCUT2D eigenvalue weighted by Crippen LogP contribution is 2.39. The number of aryl methyl sites for hydroxylation is 2. The molecule has 0 amide bonds. The van der Waals surface area contributed by atoms with E-state index in [0.717, 1.165) is 28.1 Å². The lowest BCUT2D eigenvalue weighted by molar-refractivity contribution is 0.705. The summed E-state index contributed by atoms with van der Waals surface area (Å²) >= 11 is 0. The van der Waals surface area contributed by atoms with E-state index >= 15 is 0 Å². The smallest absolute Gasteiger partial charge is 0.182 e. The molecule has 2 heterocycles. The zero-order valence-corrected chi connectivity index (χ0v) is 11.7. The molecular formula is C16H16N4. The van der Waals surface area contributed by atoms with Crippen LogP contribution in [0.5, 0.6) is 0 Å². The second kappa shape index (κ2) is 4.13. The molecule has 0 bridgehead atoms. The van der Waals surface area contributed by atoms with Crippen LogP contribution >= 0.6 is 0 Å². The summed E-state index contributed by atoms with van der Waals surface area (Å²) in [5.74, 6) is 2.49. The first kappa shape index (κ1) is 11.6. The van der Waals surface area contributed by atoms with Crippen LogP contribution in [-0.2, 0) is 7.05 Å². The first-order valence-electron chi connectivity index (χ1n) is 6.98. The molecule has 1 fully saturated rings. The van der Waals surface area contributed by atoms with Crippen molar-refractivity contribution < 1.29 is 0 Å². The average Bonchev–Trinajstić information content (AvgIpc) is 3.21. The minimum atomic E-state index is 0.608. The van der Waals surface area contributed by atoms with Crippen LogP contribution in [0.2, 0.25) is 0 Å². The lowest BCUT2D eigenvalue weighted by Crippen LogP contribution is -1.96. The molecule has 0 unspecified atom stereocenters. The summed E-state index contributed by atoms with van der Waals surface area (Å²) < 4.78 is 1.91. The summed E-state index contributed by atoms with van der Waals surface area (Å²) in [5.41, 5.74) is 3.24. The van der Waals surface area contributed by atoms with E-state index in [1.807, 2.05) is 17.9 Å². The fourth-order valence-corrected chi connectivity index (χ4v) is 2.59. The summed E-state index contributed by atoms with van der Waals surface area (Å²) in [6.07, 6.45) is 4.34. The van der Waals surface area contributed by atoms with Gasteiger partial charge in [0.05, 0.1) is 5.52 Å². The van der Waals surface area contributed by atoms with Crippen LogP contribution < -0.4 is 0 Å². The van der Waals surface area contributed by atoms with Crippen LogP contribution in [0, 0.1) is 6.92 Å². The molecule has 2 aromatic heterocycles. The Morgan fingerprint density at radius 3 is 2.85 bits per heavy atom. The van der Waals surface area contributed by atoms with Crippen LogP contribution in [0.1, 0.15) is 30.1 Å². The van der Waals surface area contributed by atoms with Crippen molar-refractivity contribution in [2.75, 3.05) is 0 Å². The van der Waals surface area contributed by atoms with Gasteiger partial charge in [-0.1, -0.05) is 11.6 Å². The molecule has 3 aromatic rings. The molecule has 0 aliphatic heterocycles. The molecule has 1 aliphatic rings. The number of fused-ring (bicyclic) bond motifs is 1. The van der Waals surface area contributed by atoms with Gasteiger partial charge in [-0.3, -0.25) is 9.67 Å². The molecule has 0 saturated heterocycles. The van der Waals surface area contributed by atoms with Gasteiger partial charge in [-0.25, -0.2) is 4.98 Å². The first-order valence-corrected chi connectivity index (χ1v) is 6.98. The van der Waals surface area contributed by atoms with Gasteiger partial charge in [0, 0.05) is 30.1 Å². The highest BCUT2D eigenvalue weighted by atomic mass is 15.3. The summed E-state index contributed by atoms with van der Waals surface area (Å²) in [5, 5.41) is 5.68. The Morgan fingerprint density at radius 1 is 1.20 bits per heavy atom. The predicted molar refractivity (Wildman–Crippen MR) is 78.5 cm³/mol. The lowest BCUT2D eigenvalue weighted by Gasteiger charge is -2.00. The number of aromatic nitrogens is 4. The van der Waals surface area contributed by atoms with E-state index in [1.54, 1.807) is 0 Å². The van der Waals surface area contributed by atoms with Crippen molar-refractivity contribution in [2.24, 2.45) is 7.05 Å². The van der Waals surface area contributed by atoms with Crippen molar-refractivity contribution >= 4 is 10.9 Å². The summed E-state index contributed by atoms with van der Waals surface area (Å²) in [6, 6.07) is 8.41. The molecule has 1 aliphatic carbocycles. The van der Waals surface area contributed by atoms with Gasteiger partial charge in [0.25, 0.3) is 0 Å². The van der Waals surface area contributed by atoms with Crippen LogP contribution in [0.4, 0.5) is 0 Å². The number of hydrogen-bond donors (Lipinski definition) is 0. The topological polar surface area (TPSA) is 43.6 Å². The van der Waals surface area contributed by atoms with E-state index in [-0.39, 0.29) is 0 Å². The molecule has 1 aromatic carbocycles. The normalized spacial score (nSPS) is 14.9. The summed E-state index contributed by atoms with van der Waals surface area (Å²) in [7, 11) is 1.97. The van der Waals surface area contributed by atoms with Crippen molar-refractivity contribution in [1.29, 1.82) is 0 Å². The highest BCUT2D eigenvalue weighted by molar-refractivity contribution is 5.82. The molecule has 100 valence electrons. The monoisotopic (exact) mass is 264 g/mol. The van der Waals surface area contributed by atoms with Crippen molar-refractivity contribution in [2.45, 2.75) is 25.7 Å². The standard InChI is InChI=1S/C16H16N4/c1-10-3-6-14-12(7-10)8-13(9-17-14)15-18-16(11-4-5-11)20(2)19-15/h3,6-9,11H,4-5H2,1-2H3. The fraction of sp³-hybridized carbons (Fsp3) is 0.312. The molecule has 0 radical (unpaired) electrons. The quantitative estimate of drug-likeness (QED) is 0.713. The van der Waals surface area contributed by atoms with E-state index in [9.17, 15) is 0 Å². The molecule has 1 saturated carbocycles. The number of rotatable bonds is 2. The van der Waals surface area contributed by atoms with E-state index in [2.05, 4.69) is 46.3 Å². The van der Waals surface area contributed by atoms with Gasteiger partial charge < -0.3 is 0 Å². The molecule has 4 nitrogen and oxygen atoms in total. The Labute approximate surface area is 117 Å². The third-order valence-corrected chi connectivity index (χ3v) is 3.83. The van der Waals surface area contributed by atoms with E-state index in [0.29, 0.717) is 5.92 Å². The third-order valence-electron chi connectivity index (χ3n) is 3.83. The largest absolute Gasteiger partial charge is 0.255 e. The van der Waals surface area contributed by atoms with Gasteiger partial charge in [0.2, 0.25) is 0 Å². The molecule has 0 spiro atoms. The van der Waals surface area contributed by atoms with Gasteiger partial charge in [-0.05, 0) is 38.0 Å². The molecule has 4 heteroatoms. The van der Waals surface area contributed by atoms with Crippen molar-refractivity contribution in [3.63, 3.8) is 0 Å². The van der Waals surface area contributed by atoms with Crippen molar-refractivity contribution in [1.82, 2.24) is 19.7 Å². The SMILES string of the molecule is Cc1ccc2ncc(-c3nc(C4CC4)n(C)n3)cc2c1. The van der Waals surface area contributed by atoms with Crippen LogP contribution in [0.15, 0.2) is 30.5 Å². The Hall–Kier alpha value is -2.23. The zero-order valence-electron chi connectivity index (χ0n) is 11.7. The Kier molecular flexibility index (Phi) is 2.39. The molecule has 20 heavy (non-hydrogen) atoms. The maximum atomic E-state index is 4.68. The van der Waals surface area contributed by atoms with Gasteiger partial charge in [-0.15, -0.1) is 0 Å². The second-order valence-electron chi connectivity index (χ2n) is 5.61. The third kappa shape index (κ3) is 1.88. The van der Waals surface area contributed by atoms with Gasteiger partial charge in [0.1, 0.15) is 5.82 Å². The van der Waals surface area contributed by atoms with Crippen LogP contribution in [0.25, 0.3) is 22.3 Å². The summed E-state index contributed by atoms with van der Waals surface area (Å²) in [6.45, 7) is 2.09. The van der Waals surface area contributed by atoms with Crippen LogP contribution in [0.3, 0.4) is 0 Å². The van der Waals surface area contributed by atoms with E-state index < -0.39 is 0 Å². The minimum Gasteiger partial charge on any atom is -0.255 e. The highest BCUT2D eigenvalue weighted by Gasteiger charge is 2.29. The number of nitrogens with zero attached hydrogens (tertiary/aromatic N) is 4. The maximum absolute atomic E-state index is 4.68. The maximum Gasteiger partial charge on any atom is 0.182 e. The first-order chi connectivity index (χ1) is 9.70. The Balaban J connectivity index is 1.82. The van der Waals surface area contributed by atoms with Gasteiger partial charge >= 0.3 is 0 Å². The zero-order chi connectivity index (χ0) is 13.7. The number of benzene rings is 1. The van der Waals surface area contributed by atoms with Gasteiger partial charge in [0.15, 0.2) is 5.82 Å².